The van der Waals surface area contributed by atoms with E-state index in [9.17, 15) is 14.9 Å². The third kappa shape index (κ3) is 3.80. The second-order valence-corrected chi connectivity index (χ2v) is 4.79. The minimum Gasteiger partial charge on any atom is -0.370 e. The third-order valence-electron chi connectivity index (χ3n) is 3.29. The molecule has 2 heterocycles. The van der Waals surface area contributed by atoms with Gasteiger partial charge in [-0.3, -0.25) is 14.9 Å². The summed E-state index contributed by atoms with van der Waals surface area (Å²) in [6.07, 6.45) is 2.03. The topological polar surface area (TPSA) is 100 Å². The van der Waals surface area contributed by atoms with Crippen LogP contribution >= 0.6 is 0 Å². The maximum atomic E-state index is 12.0. The molecule has 0 aliphatic carbocycles. The lowest BCUT2D eigenvalue weighted by Crippen LogP contribution is -2.33. The first-order chi connectivity index (χ1) is 10.1. The highest BCUT2D eigenvalue weighted by Gasteiger charge is 2.20. The Labute approximate surface area is 122 Å². The molecule has 0 saturated carbocycles. The van der Waals surface area contributed by atoms with Gasteiger partial charge in [-0.2, -0.15) is 0 Å². The zero-order valence-corrected chi connectivity index (χ0v) is 12.0. The first-order valence-corrected chi connectivity index (χ1v) is 7.02. The van der Waals surface area contributed by atoms with Gasteiger partial charge in [0.15, 0.2) is 0 Å². The molecule has 2 rings (SSSR count). The van der Waals surface area contributed by atoms with Crippen LogP contribution in [0.4, 0.5) is 17.3 Å². The van der Waals surface area contributed by atoms with Gasteiger partial charge < -0.3 is 15.5 Å². The van der Waals surface area contributed by atoms with Crippen molar-refractivity contribution in [3.05, 3.63) is 22.2 Å². The normalized spacial score (nSPS) is 14.0. The van der Waals surface area contributed by atoms with E-state index in [1.54, 1.807) is 11.0 Å². The Bertz CT molecular complexity index is 529. The van der Waals surface area contributed by atoms with Gasteiger partial charge in [0.25, 0.3) is 0 Å². The van der Waals surface area contributed by atoms with Gasteiger partial charge in [-0.05, 0) is 25.8 Å². The van der Waals surface area contributed by atoms with Crippen LogP contribution in [0.25, 0.3) is 0 Å². The van der Waals surface area contributed by atoms with Crippen LogP contribution in [-0.4, -0.2) is 46.9 Å². The van der Waals surface area contributed by atoms with Crippen molar-refractivity contribution in [1.82, 2.24) is 9.88 Å². The molecule has 1 fully saturated rings. The van der Waals surface area contributed by atoms with E-state index in [1.807, 2.05) is 6.92 Å². The van der Waals surface area contributed by atoms with Crippen molar-refractivity contribution in [3.8, 4) is 0 Å². The first-order valence-electron chi connectivity index (χ1n) is 7.02. The van der Waals surface area contributed by atoms with Crippen LogP contribution in [0.1, 0.15) is 19.8 Å². The molecule has 1 aliphatic heterocycles. The molecule has 114 valence electrons. The molecule has 8 nitrogen and oxygen atoms in total. The average Bonchev–Trinajstić information content (AvgIpc) is 2.99. The SMILES string of the molecule is CCNc1ccc([N+](=O)[O-])c(NCC(=O)N2CCCC2)n1. The van der Waals surface area contributed by atoms with Crippen LogP contribution in [0, 0.1) is 10.1 Å². The Hall–Kier alpha value is -2.38. The molecule has 0 aromatic carbocycles. The molecular weight excluding hydrogens is 274 g/mol. The Morgan fingerprint density at radius 3 is 2.71 bits per heavy atom. The number of aromatic nitrogens is 1. The molecular formula is C13H19N5O3. The van der Waals surface area contributed by atoms with Crippen LogP contribution in [-0.2, 0) is 4.79 Å². The lowest BCUT2D eigenvalue weighted by Gasteiger charge is -2.16. The van der Waals surface area contributed by atoms with Gasteiger partial charge >= 0.3 is 5.69 Å². The van der Waals surface area contributed by atoms with Gasteiger partial charge in [0, 0.05) is 25.7 Å². The summed E-state index contributed by atoms with van der Waals surface area (Å²) in [5, 5.41) is 16.8. The summed E-state index contributed by atoms with van der Waals surface area (Å²) in [5.74, 6) is 0.600. The second kappa shape index (κ2) is 6.87. The van der Waals surface area contributed by atoms with Crippen molar-refractivity contribution >= 4 is 23.2 Å². The van der Waals surface area contributed by atoms with E-state index in [1.165, 1.54) is 6.07 Å². The fourth-order valence-electron chi connectivity index (χ4n) is 2.25. The van der Waals surface area contributed by atoms with Gasteiger partial charge in [-0.1, -0.05) is 0 Å². The summed E-state index contributed by atoms with van der Waals surface area (Å²) in [6, 6.07) is 2.93. The molecule has 2 N–H and O–H groups in total. The zero-order valence-electron chi connectivity index (χ0n) is 12.0. The molecule has 0 atom stereocenters. The molecule has 0 spiro atoms. The number of hydrogen-bond acceptors (Lipinski definition) is 6. The van der Waals surface area contributed by atoms with E-state index in [2.05, 4.69) is 15.6 Å². The van der Waals surface area contributed by atoms with Crippen LogP contribution in [0.2, 0.25) is 0 Å². The summed E-state index contributed by atoms with van der Waals surface area (Å²) in [4.78, 5) is 28.4. The van der Waals surface area contributed by atoms with E-state index >= 15 is 0 Å². The molecule has 0 bridgehead atoms. The van der Waals surface area contributed by atoms with Gasteiger partial charge in [0.1, 0.15) is 5.82 Å². The maximum absolute atomic E-state index is 12.0. The summed E-state index contributed by atoms with van der Waals surface area (Å²) >= 11 is 0. The fraction of sp³-hybridized carbons (Fsp3) is 0.538. The third-order valence-corrected chi connectivity index (χ3v) is 3.29. The van der Waals surface area contributed by atoms with Gasteiger partial charge in [0.2, 0.25) is 11.7 Å². The predicted octanol–water partition coefficient (Wildman–Crippen LogP) is 1.46. The Balaban J connectivity index is 2.07. The quantitative estimate of drug-likeness (QED) is 0.608. The van der Waals surface area contributed by atoms with E-state index in [0.717, 1.165) is 25.9 Å². The number of likely N-dealkylation sites (tertiary alicyclic amines) is 1. The number of nitrogens with one attached hydrogen (secondary N) is 2. The molecule has 1 amide bonds. The molecule has 0 radical (unpaired) electrons. The highest BCUT2D eigenvalue weighted by molar-refractivity contribution is 5.81. The highest BCUT2D eigenvalue weighted by Crippen LogP contribution is 2.23. The van der Waals surface area contributed by atoms with Gasteiger partial charge in [0.05, 0.1) is 11.5 Å². The lowest BCUT2D eigenvalue weighted by molar-refractivity contribution is -0.384. The largest absolute Gasteiger partial charge is 0.370 e. The van der Waals surface area contributed by atoms with Crippen LogP contribution < -0.4 is 10.6 Å². The molecule has 21 heavy (non-hydrogen) atoms. The van der Waals surface area contributed by atoms with E-state index < -0.39 is 4.92 Å². The maximum Gasteiger partial charge on any atom is 0.311 e. The van der Waals surface area contributed by atoms with Crippen molar-refractivity contribution in [3.63, 3.8) is 0 Å². The number of carbonyl (C=O) groups excluding carboxylic acids is 1. The Kier molecular flexibility index (Phi) is 4.91. The minimum absolute atomic E-state index is 0.0173. The highest BCUT2D eigenvalue weighted by atomic mass is 16.6. The average molecular weight is 293 g/mol. The molecule has 1 aromatic heterocycles. The zero-order chi connectivity index (χ0) is 15.2. The van der Waals surface area contributed by atoms with Crippen LogP contribution in [0.3, 0.4) is 0 Å². The van der Waals surface area contributed by atoms with Crippen LogP contribution in [0.15, 0.2) is 12.1 Å². The number of nitrogens with zero attached hydrogens (tertiary/aromatic N) is 3. The van der Waals surface area contributed by atoms with Crippen molar-refractivity contribution in [1.29, 1.82) is 0 Å². The van der Waals surface area contributed by atoms with Crippen molar-refractivity contribution in [2.24, 2.45) is 0 Å². The summed E-state index contributed by atoms with van der Waals surface area (Å²) in [7, 11) is 0. The van der Waals surface area contributed by atoms with E-state index in [-0.39, 0.29) is 24.0 Å². The Morgan fingerprint density at radius 1 is 1.38 bits per heavy atom. The van der Waals surface area contributed by atoms with Crippen LogP contribution in [0.5, 0.6) is 0 Å². The number of rotatable bonds is 6. The second-order valence-electron chi connectivity index (χ2n) is 4.79. The number of carbonyl (C=O) groups is 1. The number of nitro groups is 1. The van der Waals surface area contributed by atoms with E-state index in [4.69, 9.17) is 0 Å². The van der Waals surface area contributed by atoms with Crippen molar-refractivity contribution in [2.45, 2.75) is 19.8 Å². The fourth-order valence-corrected chi connectivity index (χ4v) is 2.25. The summed E-state index contributed by atoms with van der Waals surface area (Å²) in [6.45, 7) is 4.11. The van der Waals surface area contributed by atoms with E-state index in [0.29, 0.717) is 12.4 Å². The van der Waals surface area contributed by atoms with Crippen molar-refractivity contribution < 1.29 is 9.72 Å². The molecule has 1 aliphatic rings. The van der Waals surface area contributed by atoms with Crippen molar-refractivity contribution in [2.75, 3.05) is 36.8 Å². The smallest absolute Gasteiger partial charge is 0.311 e. The number of anilines is 2. The standard InChI is InChI=1S/C13H19N5O3/c1-2-14-11-6-5-10(18(20)21)13(16-11)15-9-12(19)17-7-3-4-8-17/h5-6H,2-4,7-9H2,1H3,(H2,14,15,16). The molecule has 1 saturated heterocycles. The van der Waals surface area contributed by atoms with Gasteiger partial charge in [-0.15, -0.1) is 0 Å². The molecule has 0 unspecified atom stereocenters. The first kappa shape index (κ1) is 15.0. The number of pyridine rings is 1. The summed E-state index contributed by atoms with van der Waals surface area (Å²) < 4.78 is 0. The number of amides is 1. The monoisotopic (exact) mass is 293 g/mol. The predicted molar refractivity (Wildman–Crippen MR) is 79.4 cm³/mol. The van der Waals surface area contributed by atoms with Gasteiger partial charge in [-0.25, -0.2) is 4.98 Å². The number of hydrogen-bond donors (Lipinski definition) is 2. The summed E-state index contributed by atoms with van der Waals surface area (Å²) in [5.41, 5.74) is -0.133. The lowest BCUT2D eigenvalue weighted by atomic mass is 10.3. The Morgan fingerprint density at radius 2 is 2.10 bits per heavy atom. The molecule has 1 aromatic rings. The minimum atomic E-state index is -0.509. The molecule has 8 heteroatoms.